The number of ether oxygens (including phenoxy) is 1. The molecule has 0 aliphatic rings. The number of aromatic nitrogens is 4. The molecule has 0 spiro atoms. The van der Waals surface area contributed by atoms with Crippen molar-refractivity contribution in [3.8, 4) is 5.88 Å². The van der Waals surface area contributed by atoms with Crippen molar-refractivity contribution in [2.24, 2.45) is 0 Å². The third kappa shape index (κ3) is 2.15. The summed E-state index contributed by atoms with van der Waals surface area (Å²) in [6.07, 6.45) is 3.21. The number of fused-ring (bicyclic) bond motifs is 1. The normalized spacial score (nSPS) is 10.4. The summed E-state index contributed by atoms with van der Waals surface area (Å²) in [6.45, 7) is 0. The molecule has 0 amide bonds. The second kappa shape index (κ2) is 4.85. The second-order valence-electron chi connectivity index (χ2n) is 3.80. The summed E-state index contributed by atoms with van der Waals surface area (Å²) in [4.78, 5) is 8.50. The molecule has 0 aliphatic heterocycles. The lowest BCUT2D eigenvalue weighted by atomic mass is 10.3. The molecule has 1 aromatic carbocycles. The van der Waals surface area contributed by atoms with Crippen LogP contribution in [0.4, 0.5) is 11.5 Å². The SMILES string of the molecule is COc1nnc(Nc2ccccc2)c2nccnc12. The smallest absolute Gasteiger partial charge is 0.261 e. The van der Waals surface area contributed by atoms with Gasteiger partial charge >= 0.3 is 0 Å². The highest BCUT2D eigenvalue weighted by Gasteiger charge is 2.11. The first-order valence-electron chi connectivity index (χ1n) is 5.72. The maximum atomic E-state index is 5.13. The third-order valence-corrected chi connectivity index (χ3v) is 2.60. The van der Waals surface area contributed by atoms with E-state index in [0.29, 0.717) is 22.7 Å². The molecule has 19 heavy (non-hydrogen) atoms. The lowest BCUT2D eigenvalue weighted by molar-refractivity contribution is 0.397. The maximum absolute atomic E-state index is 5.13. The van der Waals surface area contributed by atoms with Gasteiger partial charge in [0.25, 0.3) is 5.88 Å². The Balaban J connectivity index is 2.10. The van der Waals surface area contributed by atoms with E-state index in [9.17, 15) is 0 Å². The minimum Gasteiger partial charge on any atom is -0.478 e. The highest BCUT2D eigenvalue weighted by atomic mass is 16.5. The Kier molecular flexibility index (Phi) is 2.89. The van der Waals surface area contributed by atoms with E-state index in [2.05, 4.69) is 25.5 Å². The predicted molar refractivity (Wildman–Crippen MR) is 71.4 cm³/mol. The number of nitrogens with one attached hydrogen (secondary N) is 1. The summed E-state index contributed by atoms with van der Waals surface area (Å²) in [5.74, 6) is 0.914. The molecule has 94 valence electrons. The summed E-state index contributed by atoms with van der Waals surface area (Å²) in [6, 6.07) is 9.70. The quantitative estimate of drug-likeness (QED) is 0.771. The Morgan fingerprint density at radius 3 is 2.42 bits per heavy atom. The first-order valence-corrected chi connectivity index (χ1v) is 5.72. The minimum atomic E-state index is 0.363. The standard InChI is InChI=1S/C13H11N5O/c1-19-13-11-10(14-7-8-15-11)12(17-18-13)16-9-5-3-2-4-6-9/h2-8H,1H3,(H,16,17). The number of nitrogens with zero attached hydrogens (tertiary/aromatic N) is 4. The molecule has 0 unspecified atom stereocenters. The molecule has 2 aromatic heterocycles. The van der Waals surface area contributed by atoms with Crippen molar-refractivity contribution < 1.29 is 4.74 Å². The predicted octanol–water partition coefficient (Wildman–Crippen LogP) is 2.17. The van der Waals surface area contributed by atoms with E-state index in [1.807, 2.05) is 30.3 Å². The van der Waals surface area contributed by atoms with Gasteiger partial charge in [-0.3, -0.25) is 0 Å². The molecular formula is C13H11N5O. The average Bonchev–Trinajstić information content (AvgIpc) is 2.49. The lowest BCUT2D eigenvalue weighted by Gasteiger charge is -2.08. The van der Waals surface area contributed by atoms with Crippen LogP contribution in [-0.2, 0) is 0 Å². The van der Waals surface area contributed by atoms with Gasteiger partial charge in [0.05, 0.1) is 7.11 Å². The molecule has 3 rings (SSSR count). The molecular weight excluding hydrogens is 242 g/mol. The van der Waals surface area contributed by atoms with Crippen LogP contribution in [0.25, 0.3) is 11.0 Å². The summed E-state index contributed by atoms with van der Waals surface area (Å²) in [5, 5.41) is 11.2. The molecule has 0 radical (unpaired) electrons. The topological polar surface area (TPSA) is 72.8 Å². The van der Waals surface area contributed by atoms with Gasteiger partial charge in [-0.2, -0.15) is 0 Å². The number of anilines is 2. The molecule has 0 fully saturated rings. The van der Waals surface area contributed by atoms with Gasteiger partial charge in [-0.25, -0.2) is 9.97 Å². The zero-order valence-electron chi connectivity index (χ0n) is 10.2. The van der Waals surface area contributed by atoms with Crippen molar-refractivity contribution >= 4 is 22.5 Å². The molecule has 6 heteroatoms. The summed E-state index contributed by atoms with van der Waals surface area (Å²) in [5.41, 5.74) is 2.12. The van der Waals surface area contributed by atoms with Crippen molar-refractivity contribution in [2.45, 2.75) is 0 Å². The van der Waals surface area contributed by atoms with Crippen molar-refractivity contribution in [2.75, 3.05) is 12.4 Å². The second-order valence-corrected chi connectivity index (χ2v) is 3.80. The zero-order valence-corrected chi connectivity index (χ0v) is 10.2. The Labute approximate surface area is 109 Å². The summed E-state index contributed by atoms with van der Waals surface area (Å²) < 4.78 is 5.13. The number of hydrogen-bond acceptors (Lipinski definition) is 6. The van der Waals surface area contributed by atoms with E-state index in [1.54, 1.807) is 12.4 Å². The highest BCUT2D eigenvalue weighted by Crippen LogP contribution is 2.25. The largest absolute Gasteiger partial charge is 0.478 e. The molecule has 0 bridgehead atoms. The van der Waals surface area contributed by atoms with Crippen LogP contribution in [0, 0.1) is 0 Å². The van der Waals surface area contributed by atoms with Crippen molar-refractivity contribution in [1.82, 2.24) is 20.2 Å². The van der Waals surface area contributed by atoms with E-state index < -0.39 is 0 Å². The van der Waals surface area contributed by atoms with Crippen LogP contribution in [0.1, 0.15) is 0 Å². The maximum Gasteiger partial charge on any atom is 0.261 e. The van der Waals surface area contributed by atoms with E-state index in [0.717, 1.165) is 5.69 Å². The summed E-state index contributed by atoms with van der Waals surface area (Å²) >= 11 is 0. The zero-order chi connectivity index (χ0) is 13.1. The third-order valence-electron chi connectivity index (χ3n) is 2.60. The van der Waals surface area contributed by atoms with E-state index in [-0.39, 0.29) is 0 Å². The molecule has 0 aliphatic carbocycles. The van der Waals surface area contributed by atoms with Gasteiger partial charge in [0.15, 0.2) is 11.3 Å². The van der Waals surface area contributed by atoms with Gasteiger partial charge in [0.2, 0.25) is 0 Å². The molecule has 0 atom stereocenters. The minimum absolute atomic E-state index is 0.363. The van der Waals surface area contributed by atoms with Gasteiger partial charge < -0.3 is 10.1 Å². The van der Waals surface area contributed by atoms with Crippen molar-refractivity contribution in [1.29, 1.82) is 0 Å². The fourth-order valence-electron chi connectivity index (χ4n) is 1.74. The summed E-state index contributed by atoms with van der Waals surface area (Å²) in [7, 11) is 1.53. The molecule has 0 saturated heterocycles. The molecule has 2 heterocycles. The van der Waals surface area contributed by atoms with Crippen LogP contribution in [-0.4, -0.2) is 27.3 Å². The van der Waals surface area contributed by atoms with E-state index in [1.165, 1.54) is 7.11 Å². The van der Waals surface area contributed by atoms with Crippen molar-refractivity contribution in [3.05, 3.63) is 42.7 Å². The van der Waals surface area contributed by atoms with Gasteiger partial charge in [-0.1, -0.05) is 18.2 Å². The van der Waals surface area contributed by atoms with Crippen LogP contribution in [0.2, 0.25) is 0 Å². The Morgan fingerprint density at radius 1 is 0.947 bits per heavy atom. The van der Waals surface area contributed by atoms with Crippen molar-refractivity contribution in [3.63, 3.8) is 0 Å². The monoisotopic (exact) mass is 253 g/mol. The van der Waals surface area contributed by atoms with Crippen LogP contribution in [0.5, 0.6) is 5.88 Å². The molecule has 0 saturated carbocycles. The fourth-order valence-corrected chi connectivity index (χ4v) is 1.74. The first-order chi connectivity index (χ1) is 9.38. The number of para-hydroxylation sites is 1. The average molecular weight is 253 g/mol. The highest BCUT2D eigenvalue weighted by molar-refractivity contribution is 5.89. The van der Waals surface area contributed by atoms with Crippen LogP contribution in [0.3, 0.4) is 0 Å². The van der Waals surface area contributed by atoms with Gasteiger partial charge in [0.1, 0.15) is 5.52 Å². The van der Waals surface area contributed by atoms with Gasteiger partial charge in [0, 0.05) is 18.1 Å². The van der Waals surface area contributed by atoms with E-state index in [4.69, 9.17) is 4.74 Å². The van der Waals surface area contributed by atoms with Crippen LogP contribution in [0.15, 0.2) is 42.7 Å². The Hall–Kier alpha value is -2.76. The number of methoxy groups -OCH3 is 1. The fraction of sp³-hybridized carbons (Fsp3) is 0.0769. The number of rotatable bonds is 3. The van der Waals surface area contributed by atoms with Crippen LogP contribution >= 0.6 is 0 Å². The first kappa shape index (κ1) is 11.3. The number of hydrogen-bond donors (Lipinski definition) is 1. The lowest BCUT2D eigenvalue weighted by Crippen LogP contribution is -2.01. The van der Waals surface area contributed by atoms with Gasteiger partial charge in [-0.05, 0) is 12.1 Å². The Morgan fingerprint density at radius 2 is 1.68 bits per heavy atom. The van der Waals surface area contributed by atoms with Crippen LogP contribution < -0.4 is 10.1 Å². The van der Waals surface area contributed by atoms with E-state index >= 15 is 0 Å². The molecule has 1 N–H and O–H groups in total. The molecule has 6 nitrogen and oxygen atoms in total. The Bertz CT molecular complexity index is 702. The number of benzene rings is 1. The molecule has 3 aromatic rings. The van der Waals surface area contributed by atoms with Gasteiger partial charge in [-0.15, -0.1) is 10.2 Å².